The largest absolute Gasteiger partial charge is 0.464 e. The fourth-order valence-electron chi connectivity index (χ4n) is 2.02. The number of fused-ring (bicyclic) bond motifs is 1. The number of rotatable bonds is 3. The average molecular weight is 335 g/mol. The lowest BCUT2D eigenvalue weighted by Crippen LogP contribution is -2.27. The van der Waals surface area contributed by atoms with Gasteiger partial charge in [0.1, 0.15) is 17.0 Å². The van der Waals surface area contributed by atoms with E-state index in [1.54, 1.807) is 20.8 Å². The van der Waals surface area contributed by atoms with Gasteiger partial charge >= 0.3 is 12.1 Å². The van der Waals surface area contributed by atoms with Crippen molar-refractivity contribution in [3.8, 4) is 0 Å². The molecule has 130 valence electrons. The zero-order valence-corrected chi connectivity index (χ0v) is 14.6. The van der Waals surface area contributed by atoms with Gasteiger partial charge in [-0.25, -0.2) is 19.6 Å². The number of ether oxygens (including phenoxy) is 2. The Kier molecular flexibility index (Phi) is 4.77. The van der Waals surface area contributed by atoms with E-state index in [9.17, 15) is 9.59 Å². The second kappa shape index (κ2) is 6.46. The molecule has 0 saturated heterocycles. The summed E-state index contributed by atoms with van der Waals surface area (Å²) in [5.74, 6) is -0.162. The van der Waals surface area contributed by atoms with Gasteiger partial charge in [-0.15, -0.1) is 0 Å². The maximum Gasteiger partial charge on any atom is 0.412 e. The summed E-state index contributed by atoms with van der Waals surface area (Å²) in [6.07, 6.45) is 0.622. The van der Waals surface area contributed by atoms with E-state index in [2.05, 4.69) is 20.0 Å². The van der Waals surface area contributed by atoms with Crippen LogP contribution in [0.3, 0.4) is 0 Å². The number of methoxy groups -OCH3 is 1. The Labute approximate surface area is 139 Å². The minimum absolute atomic E-state index is 0.0216. The molecule has 2 aromatic heterocycles. The summed E-state index contributed by atoms with van der Waals surface area (Å²) in [7, 11) is 1.25. The molecule has 0 fully saturated rings. The number of carbonyl (C=O) groups excluding carboxylic acids is 2. The Bertz CT molecular complexity index is 774. The summed E-state index contributed by atoms with van der Waals surface area (Å²) in [4.78, 5) is 32.0. The number of nitrogens with one attached hydrogen (secondary N) is 1. The fraction of sp³-hybridized carbons (Fsp3) is 0.500. The number of amides is 1. The number of esters is 1. The van der Waals surface area contributed by atoms with Crippen LogP contribution in [0.25, 0.3) is 11.2 Å². The highest BCUT2D eigenvalue weighted by Crippen LogP contribution is 2.33. The first-order valence-electron chi connectivity index (χ1n) is 7.50. The second-order valence-electron chi connectivity index (χ2n) is 6.52. The van der Waals surface area contributed by atoms with Crippen LogP contribution in [0.15, 0.2) is 10.6 Å². The molecule has 0 spiro atoms. The third-order valence-electron chi connectivity index (χ3n) is 2.97. The van der Waals surface area contributed by atoms with Gasteiger partial charge < -0.3 is 13.9 Å². The van der Waals surface area contributed by atoms with Gasteiger partial charge in [0.15, 0.2) is 11.2 Å². The molecule has 0 radical (unpaired) electrons. The van der Waals surface area contributed by atoms with E-state index in [4.69, 9.17) is 9.15 Å². The molecule has 0 unspecified atom stereocenters. The first kappa shape index (κ1) is 17.7. The van der Waals surface area contributed by atoms with Crippen LogP contribution >= 0.6 is 0 Å². The Morgan fingerprint density at radius 3 is 2.50 bits per heavy atom. The summed E-state index contributed by atoms with van der Waals surface area (Å²) in [6.45, 7) is 9.09. The Morgan fingerprint density at radius 1 is 1.29 bits per heavy atom. The molecule has 2 heterocycles. The zero-order valence-electron chi connectivity index (χ0n) is 14.6. The van der Waals surface area contributed by atoms with Crippen molar-refractivity contribution in [3.05, 3.63) is 17.7 Å². The van der Waals surface area contributed by atoms with Gasteiger partial charge in [0.2, 0.25) is 5.71 Å². The van der Waals surface area contributed by atoms with Crippen LogP contribution in [0.5, 0.6) is 0 Å². The van der Waals surface area contributed by atoms with Gasteiger partial charge in [-0.05, 0) is 20.8 Å². The highest BCUT2D eigenvalue weighted by Gasteiger charge is 2.25. The fourth-order valence-corrected chi connectivity index (χ4v) is 2.02. The van der Waals surface area contributed by atoms with Gasteiger partial charge in [0.25, 0.3) is 0 Å². The van der Waals surface area contributed by atoms with E-state index in [0.717, 1.165) is 0 Å². The van der Waals surface area contributed by atoms with Crippen LogP contribution in [-0.4, -0.2) is 34.7 Å². The summed E-state index contributed by atoms with van der Waals surface area (Å²) in [5.41, 5.74) is 0.204. The third kappa shape index (κ3) is 3.81. The van der Waals surface area contributed by atoms with E-state index in [0.29, 0.717) is 11.4 Å². The average Bonchev–Trinajstić information content (AvgIpc) is 2.82. The van der Waals surface area contributed by atoms with Crippen LogP contribution in [-0.2, 0) is 9.47 Å². The molecule has 2 rings (SSSR count). The minimum atomic E-state index is -0.648. The molecule has 0 bridgehead atoms. The number of hydrogen-bond donors (Lipinski definition) is 1. The SMILES string of the molecule is COC(=O)c1cnc2oc(C(C)C)c(NC(=O)OC(C)(C)C)c2n1. The van der Waals surface area contributed by atoms with Crippen LogP contribution < -0.4 is 5.32 Å². The van der Waals surface area contributed by atoms with E-state index < -0.39 is 17.7 Å². The molecule has 2 aromatic rings. The van der Waals surface area contributed by atoms with E-state index >= 15 is 0 Å². The van der Waals surface area contributed by atoms with E-state index in [1.807, 2.05) is 13.8 Å². The topological polar surface area (TPSA) is 104 Å². The number of aromatic nitrogens is 2. The molecule has 1 amide bonds. The molecule has 0 aliphatic heterocycles. The maximum absolute atomic E-state index is 12.1. The van der Waals surface area contributed by atoms with Crippen molar-refractivity contribution in [1.82, 2.24) is 9.97 Å². The van der Waals surface area contributed by atoms with E-state index in [1.165, 1.54) is 13.3 Å². The first-order valence-corrected chi connectivity index (χ1v) is 7.50. The molecule has 0 aliphatic carbocycles. The molecular weight excluding hydrogens is 314 g/mol. The third-order valence-corrected chi connectivity index (χ3v) is 2.97. The normalized spacial score (nSPS) is 11.6. The van der Waals surface area contributed by atoms with Crippen molar-refractivity contribution in [2.75, 3.05) is 12.4 Å². The van der Waals surface area contributed by atoms with Gasteiger partial charge in [-0.3, -0.25) is 5.32 Å². The molecule has 24 heavy (non-hydrogen) atoms. The predicted octanol–water partition coefficient (Wildman–Crippen LogP) is 3.48. The first-order chi connectivity index (χ1) is 11.1. The van der Waals surface area contributed by atoms with Crippen molar-refractivity contribution < 1.29 is 23.5 Å². The highest BCUT2D eigenvalue weighted by atomic mass is 16.6. The summed E-state index contributed by atoms with van der Waals surface area (Å²) in [5, 5.41) is 2.65. The Hall–Kier alpha value is -2.64. The van der Waals surface area contributed by atoms with Crippen molar-refractivity contribution in [2.45, 2.75) is 46.1 Å². The number of nitrogens with zero attached hydrogens (tertiary/aromatic N) is 2. The molecule has 8 nitrogen and oxygen atoms in total. The van der Waals surface area contributed by atoms with Gasteiger partial charge in [0, 0.05) is 5.92 Å². The van der Waals surface area contributed by atoms with Crippen molar-refractivity contribution >= 4 is 29.0 Å². The molecule has 0 aromatic carbocycles. The summed E-state index contributed by atoms with van der Waals surface area (Å²) >= 11 is 0. The zero-order chi connectivity index (χ0) is 18.1. The van der Waals surface area contributed by atoms with Gasteiger partial charge in [-0.2, -0.15) is 0 Å². The lowest BCUT2D eigenvalue weighted by atomic mass is 10.1. The van der Waals surface area contributed by atoms with Crippen molar-refractivity contribution in [3.63, 3.8) is 0 Å². The smallest absolute Gasteiger partial charge is 0.412 e. The Morgan fingerprint density at radius 2 is 1.96 bits per heavy atom. The van der Waals surface area contributed by atoms with Crippen LogP contribution in [0.1, 0.15) is 56.8 Å². The number of carbonyl (C=O) groups is 2. The lowest BCUT2D eigenvalue weighted by Gasteiger charge is -2.19. The number of anilines is 1. The van der Waals surface area contributed by atoms with Crippen molar-refractivity contribution in [1.29, 1.82) is 0 Å². The Balaban J connectivity index is 2.49. The lowest BCUT2D eigenvalue weighted by molar-refractivity contribution is 0.0592. The molecular formula is C16H21N3O5. The van der Waals surface area contributed by atoms with Gasteiger partial charge in [0.05, 0.1) is 13.3 Å². The summed E-state index contributed by atoms with van der Waals surface area (Å²) < 4.78 is 15.6. The van der Waals surface area contributed by atoms with Crippen LogP contribution in [0.2, 0.25) is 0 Å². The minimum Gasteiger partial charge on any atom is -0.464 e. The highest BCUT2D eigenvalue weighted by molar-refractivity contribution is 5.98. The molecule has 8 heteroatoms. The molecule has 0 saturated carbocycles. The molecule has 0 atom stereocenters. The van der Waals surface area contributed by atoms with Crippen LogP contribution in [0, 0.1) is 0 Å². The summed E-state index contributed by atoms with van der Waals surface area (Å²) in [6, 6.07) is 0. The van der Waals surface area contributed by atoms with E-state index in [-0.39, 0.29) is 22.8 Å². The monoisotopic (exact) mass is 335 g/mol. The molecule has 1 N–H and O–H groups in total. The quantitative estimate of drug-likeness (QED) is 0.856. The second-order valence-corrected chi connectivity index (χ2v) is 6.52. The van der Waals surface area contributed by atoms with Gasteiger partial charge in [-0.1, -0.05) is 13.8 Å². The predicted molar refractivity (Wildman–Crippen MR) is 87.1 cm³/mol. The molecule has 0 aliphatic rings. The van der Waals surface area contributed by atoms with Crippen LogP contribution in [0.4, 0.5) is 10.5 Å². The number of furan rings is 1. The standard InChI is InChI=1S/C16H21N3O5/c1-8(2)12-10(19-15(21)24-16(3,4)5)11-13(23-12)17-7-9(18-11)14(20)22-6/h7-8H,1-6H3,(H,19,21). The van der Waals surface area contributed by atoms with Crippen molar-refractivity contribution in [2.24, 2.45) is 0 Å². The number of hydrogen-bond acceptors (Lipinski definition) is 7. The maximum atomic E-state index is 12.1.